The Bertz CT molecular complexity index is 769. The number of carbonyl (C=O) groups excluding carboxylic acids is 2. The minimum absolute atomic E-state index is 0.130. The average molecular weight is 424 g/mol. The van der Waals surface area contributed by atoms with Crippen LogP contribution in [0.25, 0.3) is 0 Å². The number of H-pyrrole nitrogens is 2. The molecule has 0 aromatic carbocycles. The van der Waals surface area contributed by atoms with Gasteiger partial charge in [0.15, 0.2) is 0 Å². The van der Waals surface area contributed by atoms with Crippen LogP contribution < -0.4 is 10.6 Å². The molecule has 2 heterocycles. The maximum absolute atomic E-state index is 12.5. The van der Waals surface area contributed by atoms with Gasteiger partial charge < -0.3 is 20.6 Å². The third kappa shape index (κ3) is 6.57. The largest absolute Gasteiger partial charge is 0.431 e. The maximum atomic E-state index is 12.5. The van der Waals surface area contributed by atoms with Crippen LogP contribution in [0.15, 0.2) is 24.5 Å². The van der Waals surface area contributed by atoms with E-state index in [0.29, 0.717) is 19.3 Å². The van der Waals surface area contributed by atoms with Gasteiger partial charge in [-0.3, -0.25) is 9.59 Å². The molecule has 4 N–H and O–H groups in total. The molecule has 0 spiro atoms. The fourth-order valence-electron chi connectivity index (χ4n) is 2.41. The van der Waals surface area contributed by atoms with Crippen molar-refractivity contribution in [3.8, 4) is 0 Å². The predicted molar refractivity (Wildman–Crippen MR) is 90.1 cm³/mol. The Labute approximate surface area is 161 Å². The molecular weight excluding hydrogens is 406 g/mol. The van der Waals surface area contributed by atoms with Gasteiger partial charge in [0.1, 0.15) is 11.4 Å². The molecule has 0 aliphatic heterocycles. The first-order chi connectivity index (χ1) is 13.5. The van der Waals surface area contributed by atoms with Crippen LogP contribution in [-0.2, 0) is 12.4 Å². The van der Waals surface area contributed by atoms with Crippen LogP contribution in [0.1, 0.15) is 51.4 Å². The highest BCUT2D eigenvalue weighted by Gasteiger charge is 2.33. The number of halogens is 6. The van der Waals surface area contributed by atoms with Crippen LogP contribution >= 0.6 is 0 Å². The van der Waals surface area contributed by atoms with Gasteiger partial charge in [-0.25, -0.2) is 0 Å². The number of alkyl halides is 6. The Morgan fingerprint density at radius 1 is 0.724 bits per heavy atom. The van der Waals surface area contributed by atoms with Crippen molar-refractivity contribution in [2.75, 3.05) is 13.1 Å². The lowest BCUT2D eigenvalue weighted by Crippen LogP contribution is -2.25. The number of carbonyl (C=O) groups is 2. The Morgan fingerprint density at radius 2 is 1.10 bits per heavy atom. The zero-order chi connectivity index (χ0) is 21.7. The second kappa shape index (κ2) is 9.05. The lowest BCUT2D eigenvalue weighted by molar-refractivity contribution is -0.141. The molecule has 29 heavy (non-hydrogen) atoms. The minimum atomic E-state index is -4.56. The van der Waals surface area contributed by atoms with Crippen LogP contribution in [-0.4, -0.2) is 34.9 Å². The Hall–Kier alpha value is -2.92. The van der Waals surface area contributed by atoms with E-state index in [1.807, 2.05) is 9.97 Å². The van der Waals surface area contributed by atoms with Gasteiger partial charge in [0.05, 0.1) is 11.1 Å². The summed E-state index contributed by atoms with van der Waals surface area (Å²) in [6.45, 7) is 0.456. The SMILES string of the molecule is O=C(NCCCCCNC(=O)c1c[nH]c(C(F)(F)F)c1)c1c[nH]c(C(F)(F)F)c1. The van der Waals surface area contributed by atoms with Gasteiger partial charge in [0.2, 0.25) is 0 Å². The van der Waals surface area contributed by atoms with E-state index in [-0.39, 0.29) is 24.2 Å². The van der Waals surface area contributed by atoms with Crippen LogP contribution in [0.4, 0.5) is 26.3 Å². The molecule has 0 saturated heterocycles. The number of aromatic amines is 2. The lowest BCUT2D eigenvalue weighted by Gasteiger charge is -2.05. The first kappa shape index (κ1) is 22.4. The van der Waals surface area contributed by atoms with Crippen LogP contribution in [0.5, 0.6) is 0 Å². The summed E-state index contributed by atoms with van der Waals surface area (Å²) in [5.74, 6) is -1.28. The average Bonchev–Trinajstić information content (AvgIpc) is 3.29. The van der Waals surface area contributed by atoms with Crippen LogP contribution in [0.3, 0.4) is 0 Å². The van der Waals surface area contributed by atoms with Gasteiger partial charge in [0, 0.05) is 25.5 Å². The summed E-state index contributed by atoms with van der Waals surface area (Å²) in [6, 6.07) is 1.44. The zero-order valence-corrected chi connectivity index (χ0v) is 14.9. The van der Waals surface area contributed by atoms with Crippen molar-refractivity contribution in [2.24, 2.45) is 0 Å². The maximum Gasteiger partial charge on any atom is 0.431 e. The predicted octanol–water partition coefficient (Wildman–Crippen LogP) is 3.71. The molecule has 12 heteroatoms. The summed E-state index contributed by atoms with van der Waals surface area (Å²) < 4.78 is 74.8. The van der Waals surface area contributed by atoms with E-state index in [1.54, 1.807) is 0 Å². The van der Waals surface area contributed by atoms with Gasteiger partial charge >= 0.3 is 12.4 Å². The highest BCUT2D eigenvalue weighted by atomic mass is 19.4. The monoisotopic (exact) mass is 424 g/mol. The Morgan fingerprint density at radius 3 is 1.41 bits per heavy atom. The Kier molecular flexibility index (Phi) is 6.98. The highest BCUT2D eigenvalue weighted by molar-refractivity contribution is 5.94. The number of hydrogen-bond donors (Lipinski definition) is 4. The van der Waals surface area contributed by atoms with E-state index in [4.69, 9.17) is 0 Å². The number of hydrogen-bond acceptors (Lipinski definition) is 2. The molecular formula is C17H18F6N4O2. The molecule has 0 aliphatic carbocycles. The lowest BCUT2D eigenvalue weighted by atomic mass is 10.2. The van der Waals surface area contributed by atoms with Gasteiger partial charge in [-0.05, 0) is 31.4 Å². The molecule has 6 nitrogen and oxygen atoms in total. The summed E-state index contributed by atoms with van der Waals surface area (Å²) in [6.07, 6.45) is -5.56. The summed E-state index contributed by atoms with van der Waals surface area (Å²) in [4.78, 5) is 27.5. The van der Waals surface area contributed by atoms with Crippen molar-refractivity contribution in [1.82, 2.24) is 20.6 Å². The number of rotatable bonds is 8. The van der Waals surface area contributed by atoms with Crippen LogP contribution in [0.2, 0.25) is 0 Å². The van der Waals surface area contributed by atoms with Gasteiger partial charge in [-0.2, -0.15) is 26.3 Å². The topological polar surface area (TPSA) is 89.8 Å². The first-order valence-electron chi connectivity index (χ1n) is 8.56. The van der Waals surface area contributed by atoms with E-state index in [0.717, 1.165) is 24.5 Å². The smallest absolute Gasteiger partial charge is 0.357 e. The van der Waals surface area contributed by atoms with Crippen molar-refractivity contribution >= 4 is 11.8 Å². The molecule has 2 aromatic heterocycles. The quantitative estimate of drug-likeness (QED) is 0.385. The van der Waals surface area contributed by atoms with E-state index < -0.39 is 35.6 Å². The first-order valence-corrected chi connectivity index (χ1v) is 8.56. The van der Waals surface area contributed by atoms with E-state index in [1.165, 1.54) is 0 Å². The van der Waals surface area contributed by atoms with Crippen molar-refractivity contribution in [3.05, 3.63) is 47.0 Å². The molecule has 0 aliphatic rings. The molecule has 0 saturated carbocycles. The van der Waals surface area contributed by atoms with Crippen molar-refractivity contribution < 1.29 is 35.9 Å². The summed E-state index contributed by atoms with van der Waals surface area (Å²) in [7, 11) is 0. The normalized spacial score (nSPS) is 12.1. The molecule has 2 amide bonds. The van der Waals surface area contributed by atoms with Gasteiger partial charge in [-0.1, -0.05) is 0 Å². The van der Waals surface area contributed by atoms with Crippen molar-refractivity contribution in [1.29, 1.82) is 0 Å². The van der Waals surface area contributed by atoms with Gasteiger partial charge in [-0.15, -0.1) is 0 Å². The van der Waals surface area contributed by atoms with Crippen molar-refractivity contribution in [3.63, 3.8) is 0 Å². The fourth-order valence-corrected chi connectivity index (χ4v) is 2.41. The van der Waals surface area contributed by atoms with E-state index in [9.17, 15) is 35.9 Å². The van der Waals surface area contributed by atoms with Gasteiger partial charge in [0.25, 0.3) is 11.8 Å². The number of aromatic nitrogens is 2. The molecule has 0 radical (unpaired) electrons. The second-order valence-electron chi connectivity index (χ2n) is 6.17. The Balaban J connectivity index is 1.61. The molecule has 160 valence electrons. The van der Waals surface area contributed by atoms with E-state index in [2.05, 4.69) is 10.6 Å². The summed E-state index contributed by atoms with van der Waals surface area (Å²) >= 11 is 0. The molecule has 2 aromatic rings. The van der Waals surface area contributed by atoms with Crippen molar-refractivity contribution in [2.45, 2.75) is 31.6 Å². The molecule has 0 unspecified atom stereocenters. The molecule has 0 fully saturated rings. The molecule has 0 bridgehead atoms. The number of nitrogens with one attached hydrogen (secondary N) is 4. The fraction of sp³-hybridized carbons (Fsp3) is 0.412. The zero-order valence-electron chi connectivity index (χ0n) is 14.9. The second-order valence-corrected chi connectivity index (χ2v) is 6.17. The standard InChI is InChI=1S/C17H18F6N4O2/c18-16(19,20)12-6-10(8-26-12)14(28)24-4-2-1-3-5-25-15(29)11-7-13(27-9-11)17(21,22)23/h6-9,26-27H,1-5H2,(H,24,28)(H,25,29). The number of amides is 2. The number of unbranched alkanes of at least 4 members (excludes halogenated alkanes) is 2. The molecule has 0 atom stereocenters. The highest BCUT2D eigenvalue weighted by Crippen LogP contribution is 2.29. The summed E-state index contributed by atoms with van der Waals surface area (Å²) in [5.41, 5.74) is -2.28. The molecule has 2 rings (SSSR count). The third-order valence-corrected chi connectivity index (χ3v) is 3.93. The van der Waals surface area contributed by atoms with E-state index >= 15 is 0 Å². The third-order valence-electron chi connectivity index (χ3n) is 3.93. The minimum Gasteiger partial charge on any atom is -0.357 e. The summed E-state index contributed by atoms with van der Waals surface area (Å²) in [5, 5.41) is 4.96. The van der Waals surface area contributed by atoms with Crippen LogP contribution in [0, 0.1) is 0 Å².